The molecule has 3 heteroatoms. The van der Waals surface area contributed by atoms with Gasteiger partial charge in [-0.05, 0) is 5.56 Å². The topological polar surface area (TPSA) is 40.7 Å². The van der Waals surface area contributed by atoms with Gasteiger partial charge in [-0.2, -0.15) is 5.10 Å². The third-order valence-corrected chi connectivity index (χ3v) is 4.19. The molecule has 0 amide bonds. The highest BCUT2D eigenvalue weighted by molar-refractivity contribution is 5.86. The highest BCUT2D eigenvalue weighted by atomic mass is 15.2. The van der Waals surface area contributed by atoms with Gasteiger partial charge in [0.1, 0.15) is 5.69 Å². The molecule has 3 aromatic carbocycles. The van der Waals surface area contributed by atoms with Gasteiger partial charge in [-0.3, -0.25) is 5.10 Å². The first-order valence-corrected chi connectivity index (χ1v) is 8.39. The van der Waals surface area contributed by atoms with Crippen LogP contribution in [0.2, 0.25) is 0 Å². The van der Waals surface area contributed by atoms with Crippen LogP contribution in [0.1, 0.15) is 5.56 Å². The fraction of sp³-hybridized carbons (Fsp3) is 0.0455. The van der Waals surface area contributed by atoms with Crippen LogP contribution in [-0.4, -0.2) is 10.2 Å². The Morgan fingerprint density at radius 3 is 1.88 bits per heavy atom. The third kappa shape index (κ3) is 3.31. The lowest BCUT2D eigenvalue weighted by atomic mass is 10.1. The summed E-state index contributed by atoms with van der Waals surface area (Å²) < 4.78 is 0. The summed E-state index contributed by atoms with van der Waals surface area (Å²) in [5, 5.41) is 11.4. The van der Waals surface area contributed by atoms with Gasteiger partial charge < -0.3 is 5.32 Å². The summed E-state index contributed by atoms with van der Waals surface area (Å²) in [6.45, 7) is 0.750. The largest absolute Gasteiger partial charge is 0.377 e. The van der Waals surface area contributed by atoms with Crippen molar-refractivity contribution in [1.82, 2.24) is 10.2 Å². The van der Waals surface area contributed by atoms with Gasteiger partial charge >= 0.3 is 0 Å². The average Bonchev–Trinajstić information content (AvgIpc) is 3.12. The summed E-state index contributed by atoms with van der Waals surface area (Å²) in [5.74, 6) is 0. The van der Waals surface area contributed by atoms with Crippen LogP contribution in [0.5, 0.6) is 0 Å². The molecule has 0 aliphatic heterocycles. The molecule has 0 unspecified atom stereocenters. The zero-order chi connectivity index (χ0) is 16.9. The van der Waals surface area contributed by atoms with Crippen LogP contribution >= 0.6 is 0 Å². The second kappa shape index (κ2) is 7.05. The lowest BCUT2D eigenvalue weighted by Gasteiger charge is -2.10. The number of aromatic amines is 1. The standard InChI is InChI=1S/C22H19N3/c1-4-10-17(11-5-1)16-23-22-20(18-12-6-2-7-13-18)24-25-21(22)19-14-8-3-9-15-19/h1-15,23H,16H2,(H,24,25). The minimum Gasteiger partial charge on any atom is -0.377 e. The smallest absolute Gasteiger partial charge is 0.116 e. The number of H-pyrrole nitrogens is 1. The van der Waals surface area contributed by atoms with Crippen LogP contribution in [-0.2, 0) is 6.54 Å². The second-order valence-electron chi connectivity index (χ2n) is 5.89. The molecule has 0 aliphatic rings. The van der Waals surface area contributed by atoms with Crippen molar-refractivity contribution in [3.8, 4) is 22.5 Å². The molecule has 0 atom stereocenters. The lowest BCUT2D eigenvalue weighted by Crippen LogP contribution is -2.01. The highest BCUT2D eigenvalue weighted by Gasteiger charge is 2.15. The zero-order valence-corrected chi connectivity index (χ0v) is 13.8. The molecule has 4 rings (SSSR count). The van der Waals surface area contributed by atoms with Crippen molar-refractivity contribution in [2.24, 2.45) is 0 Å². The summed E-state index contributed by atoms with van der Waals surface area (Å²) in [6, 6.07) is 30.9. The molecule has 0 spiro atoms. The van der Waals surface area contributed by atoms with Crippen molar-refractivity contribution in [3.63, 3.8) is 0 Å². The molecule has 0 fully saturated rings. The number of hydrogen-bond donors (Lipinski definition) is 2. The third-order valence-electron chi connectivity index (χ3n) is 4.19. The van der Waals surface area contributed by atoms with Gasteiger partial charge in [0, 0.05) is 17.7 Å². The van der Waals surface area contributed by atoms with Crippen LogP contribution in [0.15, 0.2) is 91.0 Å². The van der Waals surface area contributed by atoms with E-state index in [1.807, 2.05) is 42.5 Å². The summed E-state index contributed by atoms with van der Waals surface area (Å²) in [5.41, 5.74) is 6.43. The Hall–Kier alpha value is -3.33. The predicted octanol–water partition coefficient (Wildman–Crippen LogP) is 5.36. The van der Waals surface area contributed by atoms with E-state index < -0.39 is 0 Å². The van der Waals surface area contributed by atoms with Gasteiger partial charge in [-0.25, -0.2) is 0 Å². The van der Waals surface area contributed by atoms with Gasteiger partial charge in [0.15, 0.2) is 0 Å². The van der Waals surface area contributed by atoms with E-state index in [0.29, 0.717) is 0 Å². The maximum atomic E-state index is 4.59. The van der Waals surface area contributed by atoms with E-state index in [1.54, 1.807) is 0 Å². The molecule has 4 aromatic rings. The molecule has 0 radical (unpaired) electrons. The maximum Gasteiger partial charge on any atom is 0.116 e. The van der Waals surface area contributed by atoms with Crippen molar-refractivity contribution < 1.29 is 0 Å². The highest BCUT2D eigenvalue weighted by Crippen LogP contribution is 2.35. The lowest BCUT2D eigenvalue weighted by molar-refractivity contribution is 1.10. The Morgan fingerprint density at radius 1 is 0.680 bits per heavy atom. The van der Waals surface area contributed by atoms with Gasteiger partial charge in [-0.15, -0.1) is 0 Å². The van der Waals surface area contributed by atoms with Gasteiger partial charge in [0.2, 0.25) is 0 Å². The number of nitrogens with zero attached hydrogens (tertiary/aromatic N) is 1. The predicted molar refractivity (Wildman–Crippen MR) is 103 cm³/mol. The minimum absolute atomic E-state index is 0.750. The van der Waals surface area contributed by atoms with Gasteiger partial charge in [0.25, 0.3) is 0 Å². The number of anilines is 1. The molecular weight excluding hydrogens is 306 g/mol. The Labute approximate surface area is 147 Å². The molecule has 0 aliphatic carbocycles. The van der Waals surface area contributed by atoms with E-state index in [0.717, 1.165) is 34.7 Å². The van der Waals surface area contributed by atoms with E-state index in [4.69, 9.17) is 0 Å². The average molecular weight is 325 g/mol. The molecular formula is C22H19N3. The quantitative estimate of drug-likeness (QED) is 0.519. The Morgan fingerprint density at radius 2 is 1.24 bits per heavy atom. The second-order valence-corrected chi connectivity index (χ2v) is 5.89. The minimum atomic E-state index is 0.750. The van der Waals surface area contributed by atoms with Crippen LogP contribution in [0.3, 0.4) is 0 Å². The SMILES string of the molecule is c1ccc(CNc2c(-c3ccccc3)n[nH]c2-c2ccccc2)cc1. The van der Waals surface area contributed by atoms with Crippen molar-refractivity contribution >= 4 is 5.69 Å². The summed E-state index contributed by atoms with van der Waals surface area (Å²) in [7, 11) is 0. The Balaban J connectivity index is 1.74. The molecule has 0 saturated heterocycles. The van der Waals surface area contributed by atoms with E-state index in [1.165, 1.54) is 5.56 Å². The van der Waals surface area contributed by atoms with Gasteiger partial charge in [-0.1, -0.05) is 91.0 Å². The fourth-order valence-corrected chi connectivity index (χ4v) is 2.92. The Bertz CT molecular complexity index is 872. The van der Waals surface area contributed by atoms with Crippen molar-refractivity contribution in [2.75, 3.05) is 5.32 Å². The molecule has 25 heavy (non-hydrogen) atoms. The number of rotatable bonds is 5. The molecule has 1 heterocycles. The molecule has 0 bridgehead atoms. The number of benzene rings is 3. The summed E-state index contributed by atoms with van der Waals surface area (Å²) in [6.07, 6.45) is 0. The molecule has 2 N–H and O–H groups in total. The molecule has 3 nitrogen and oxygen atoms in total. The molecule has 122 valence electrons. The monoisotopic (exact) mass is 325 g/mol. The van der Waals surface area contributed by atoms with E-state index in [9.17, 15) is 0 Å². The van der Waals surface area contributed by atoms with Crippen LogP contribution in [0.4, 0.5) is 5.69 Å². The number of nitrogens with one attached hydrogen (secondary N) is 2. The number of hydrogen-bond acceptors (Lipinski definition) is 2. The maximum absolute atomic E-state index is 4.59. The first-order chi connectivity index (χ1) is 12.4. The Kier molecular flexibility index (Phi) is 4.29. The summed E-state index contributed by atoms with van der Waals surface area (Å²) >= 11 is 0. The molecule has 1 aromatic heterocycles. The van der Waals surface area contributed by atoms with Crippen LogP contribution < -0.4 is 5.32 Å². The molecule has 0 saturated carbocycles. The summed E-state index contributed by atoms with van der Waals surface area (Å²) in [4.78, 5) is 0. The first kappa shape index (κ1) is 15.2. The van der Waals surface area contributed by atoms with E-state index >= 15 is 0 Å². The van der Waals surface area contributed by atoms with E-state index in [-0.39, 0.29) is 0 Å². The van der Waals surface area contributed by atoms with E-state index in [2.05, 4.69) is 64.0 Å². The fourth-order valence-electron chi connectivity index (χ4n) is 2.92. The normalized spacial score (nSPS) is 10.6. The first-order valence-electron chi connectivity index (χ1n) is 8.39. The van der Waals surface area contributed by atoms with Crippen molar-refractivity contribution in [2.45, 2.75) is 6.54 Å². The number of aromatic nitrogens is 2. The van der Waals surface area contributed by atoms with Crippen molar-refractivity contribution in [1.29, 1.82) is 0 Å². The van der Waals surface area contributed by atoms with Crippen LogP contribution in [0.25, 0.3) is 22.5 Å². The van der Waals surface area contributed by atoms with Crippen molar-refractivity contribution in [3.05, 3.63) is 96.6 Å². The van der Waals surface area contributed by atoms with Crippen LogP contribution in [0, 0.1) is 0 Å². The van der Waals surface area contributed by atoms with Gasteiger partial charge in [0.05, 0.1) is 11.4 Å². The zero-order valence-electron chi connectivity index (χ0n) is 13.8.